The summed E-state index contributed by atoms with van der Waals surface area (Å²) in [5.74, 6) is -2.28. The summed E-state index contributed by atoms with van der Waals surface area (Å²) in [5, 5.41) is 2.34. The number of amides is 3. The molecule has 23 heavy (non-hydrogen) atoms. The van der Waals surface area contributed by atoms with Crippen molar-refractivity contribution < 1.29 is 19.1 Å². The second kappa shape index (κ2) is 8.28. The molecular formula is C16H23N3O4. The van der Waals surface area contributed by atoms with E-state index in [0.29, 0.717) is 12.2 Å². The third-order valence-electron chi connectivity index (χ3n) is 3.10. The number of methoxy groups -OCH3 is 1. The molecule has 0 spiro atoms. The molecule has 7 heteroatoms. The van der Waals surface area contributed by atoms with Gasteiger partial charge in [0.2, 0.25) is 0 Å². The zero-order valence-electron chi connectivity index (χ0n) is 13.9. The lowest BCUT2D eigenvalue weighted by Crippen LogP contribution is -2.49. The van der Waals surface area contributed by atoms with Crippen LogP contribution in [0.1, 0.15) is 36.7 Å². The van der Waals surface area contributed by atoms with E-state index in [9.17, 15) is 14.4 Å². The van der Waals surface area contributed by atoms with Crippen LogP contribution in [0.3, 0.4) is 0 Å². The Morgan fingerprint density at radius 2 is 1.61 bits per heavy atom. The number of hydrazine groups is 1. The molecule has 0 radical (unpaired) electrons. The summed E-state index contributed by atoms with van der Waals surface area (Å²) in [6.07, 6.45) is 0. The van der Waals surface area contributed by atoms with Gasteiger partial charge in [-0.05, 0) is 23.1 Å². The van der Waals surface area contributed by atoms with Crippen LogP contribution in [-0.2, 0) is 19.7 Å². The number of carbonyl (C=O) groups excluding carboxylic acids is 3. The molecule has 7 nitrogen and oxygen atoms in total. The van der Waals surface area contributed by atoms with Crippen molar-refractivity contribution in [3.05, 3.63) is 35.4 Å². The van der Waals surface area contributed by atoms with Gasteiger partial charge in [-0.2, -0.15) is 0 Å². The fourth-order valence-corrected chi connectivity index (χ4v) is 1.71. The molecule has 3 N–H and O–H groups in total. The summed E-state index contributed by atoms with van der Waals surface area (Å²) in [5.41, 5.74) is 5.73. The molecular weight excluding hydrogens is 298 g/mol. The average molecular weight is 321 g/mol. The van der Waals surface area contributed by atoms with Crippen LogP contribution >= 0.6 is 0 Å². The number of carbonyl (C=O) groups is 3. The van der Waals surface area contributed by atoms with Crippen molar-refractivity contribution in [2.24, 2.45) is 0 Å². The largest absolute Gasteiger partial charge is 0.383 e. The first-order valence-electron chi connectivity index (χ1n) is 7.23. The first-order valence-corrected chi connectivity index (χ1v) is 7.23. The zero-order valence-corrected chi connectivity index (χ0v) is 13.9. The maximum Gasteiger partial charge on any atom is 0.327 e. The van der Waals surface area contributed by atoms with Gasteiger partial charge in [0.25, 0.3) is 5.91 Å². The highest BCUT2D eigenvalue weighted by molar-refractivity contribution is 6.35. The monoisotopic (exact) mass is 321 g/mol. The van der Waals surface area contributed by atoms with Crippen LogP contribution in [0, 0.1) is 0 Å². The molecule has 0 aliphatic rings. The zero-order chi connectivity index (χ0) is 17.5. The molecule has 0 bridgehead atoms. The molecule has 0 aromatic heterocycles. The van der Waals surface area contributed by atoms with Crippen molar-refractivity contribution in [3.8, 4) is 0 Å². The Morgan fingerprint density at radius 1 is 1.00 bits per heavy atom. The Kier molecular flexibility index (Phi) is 6.71. The standard InChI is InChI=1S/C16H23N3O4/c1-16(2,3)12-7-5-11(6-8-12)13(20)18-19-15(22)14(21)17-9-10-23-4/h5-8H,9-10H2,1-4H3,(H,17,21)(H,18,20)(H,19,22). The summed E-state index contributed by atoms with van der Waals surface area (Å²) < 4.78 is 4.75. The van der Waals surface area contributed by atoms with Crippen molar-refractivity contribution in [1.82, 2.24) is 16.2 Å². The van der Waals surface area contributed by atoms with Crippen LogP contribution < -0.4 is 16.2 Å². The summed E-state index contributed by atoms with van der Waals surface area (Å²) in [7, 11) is 1.48. The Hall–Kier alpha value is -2.41. The van der Waals surface area contributed by atoms with Gasteiger partial charge >= 0.3 is 11.8 Å². The van der Waals surface area contributed by atoms with Crippen LogP contribution in [0.4, 0.5) is 0 Å². The van der Waals surface area contributed by atoms with E-state index in [4.69, 9.17) is 4.74 Å². The molecule has 126 valence electrons. The smallest absolute Gasteiger partial charge is 0.327 e. The van der Waals surface area contributed by atoms with Crippen molar-refractivity contribution in [2.75, 3.05) is 20.3 Å². The quantitative estimate of drug-likeness (QED) is 0.428. The maximum atomic E-state index is 11.9. The molecule has 1 aromatic carbocycles. The van der Waals surface area contributed by atoms with Gasteiger partial charge in [-0.15, -0.1) is 0 Å². The topological polar surface area (TPSA) is 96.5 Å². The summed E-state index contributed by atoms with van der Waals surface area (Å²) >= 11 is 0. The van der Waals surface area contributed by atoms with E-state index < -0.39 is 17.7 Å². The van der Waals surface area contributed by atoms with Gasteiger partial charge in [0.15, 0.2) is 0 Å². The molecule has 0 fully saturated rings. The first kappa shape index (κ1) is 18.6. The van der Waals surface area contributed by atoms with Crippen molar-refractivity contribution >= 4 is 17.7 Å². The fraction of sp³-hybridized carbons (Fsp3) is 0.438. The van der Waals surface area contributed by atoms with E-state index in [2.05, 4.69) is 36.9 Å². The lowest BCUT2D eigenvalue weighted by atomic mass is 9.87. The summed E-state index contributed by atoms with van der Waals surface area (Å²) in [4.78, 5) is 34.8. The molecule has 1 rings (SSSR count). The number of rotatable bonds is 4. The van der Waals surface area contributed by atoms with Gasteiger partial charge in [-0.25, -0.2) is 0 Å². The van der Waals surface area contributed by atoms with E-state index in [0.717, 1.165) is 5.56 Å². The van der Waals surface area contributed by atoms with Crippen LogP contribution in [0.25, 0.3) is 0 Å². The number of benzene rings is 1. The molecule has 0 aliphatic carbocycles. The van der Waals surface area contributed by atoms with E-state index in [1.165, 1.54) is 7.11 Å². The summed E-state index contributed by atoms with van der Waals surface area (Å²) in [6, 6.07) is 7.05. The van der Waals surface area contributed by atoms with Gasteiger partial charge in [0, 0.05) is 19.2 Å². The average Bonchev–Trinajstić information content (AvgIpc) is 2.51. The van der Waals surface area contributed by atoms with E-state index in [1.807, 2.05) is 12.1 Å². The van der Waals surface area contributed by atoms with E-state index in [-0.39, 0.29) is 12.0 Å². The number of nitrogens with one attached hydrogen (secondary N) is 3. The molecule has 3 amide bonds. The van der Waals surface area contributed by atoms with Gasteiger partial charge < -0.3 is 10.1 Å². The molecule has 0 aliphatic heterocycles. The Morgan fingerprint density at radius 3 is 2.13 bits per heavy atom. The lowest BCUT2D eigenvalue weighted by Gasteiger charge is -2.19. The van der Waals surface area contributed by atoms with Gasteiger partial charge in [-0.1, -0.05) is 32.9 Å². The highest BCUT2D eigenvalue weighted by atomic mass is 16.5. The molecule has 0 saturated carbocycles. The highest BCUT2D eigenvalue weighted by Crippen LogP contribution is 2.22. The van der Waals surface area contributed by atoms with Crippen molar-refractivity contribution in [3.63, 3.8) is 0 Å². The molecule has 0 atom stereocenters. The second-order valence-electron chi connectivity index (χ2n) is 5.98. The van der Waals surface area contributed by atoms with Gasteiger partial charge in [0.05, 0.1) is 6.61 Å². The Labute approximate surface area is 135 Å². The van der Waals surface area contributed by atoms with Crippen molar-refractivity contribution in [2.45, 2.75) is 26.2 Å². The van der Waals surface area contributed by atoms with Crippen LogP contribution in [0.2, 0.25) is 0 Å². The SMILES string of the molecule is COCCNC(=O)C(=O)NNC(=O)c1ccc(C(C)(C)C)cc1. The first-order chi connectivity index (χ1) is 10.8. The van der Waals surface area contributed by atoms with Gasteiger partial charge in [-0.3, -0.25) is 25.2 Å². The number of hydrogen-bond acceptors (Lipinski definition) is 4. The molecule has 1 aromatic rings. The lowest BCUT2D eigenvalue weighted by molar-refractivity contribution is -0.139. The minimum absolute atomic E-state index is 0.0104. The Bertz CT molecular complexity index is 562. The fourth-order valence-electron chi connectivity index (χ4n) is 1.71. The number of ether oxygens (including phenoxy) is 1. The van der Waals surface area contributed by atoms with Gasteiger partial charge in [0.1, 0.15) is 0 Å². The second-order valence-corrected chi connectivity index (χ2v) is 5.98. The van der Waals surface area contributed by atoms with Crippen LogP contribution in [0.15, 0.2) is 24.3 Å². The van der Waals surface area contributed by atoms with Crippen LogP contribution in [0.5, 0.6) is 0 Å². The Balaban J connectivity index is 2.50. The third-order valence-corrected chi connectivity index (χ3v) is 3.10. The molecule has 0 unspecified atom stereocenters. The van der Waals surface area contributed by atoms with Crippen LogP contribution in [-0.4, -0.2) is 38.0 Å². The normalized spacial score (nSPS) is 10.8. The van der Waals surface area contributed by atoms with E-state index in [1.54, 1.807) is 12.1 Å². The van der Waals surface area contributed by atoms with Crippen molar-refractivity contribution in [1.29, 1.82) is 0 Å². The van der Waals surface area contributed by atoms with E-state index >= 15 is 0 Å². The predicted octanol–water partition coefficient (Wildman–Crippen LogP) is 0.508. The highest BCUT2D eigenvalue weighted by Gasteiger charge is 2.16. The summed E-state index contributed by atoms with van der Waals surface area (Å²) in [6.45, 7) is 6.73. The molecule has 0 saturated heterocycles. The third kappa shape index (κ3) is 6.07. The predicted molar refractivity (Wildman–Crippen MR) is 85.6 cm³/mol. The minimum atomic E-state index is -0.944. The number of hydrogen-bond donors (Lipinski definition) is 3. The minimum Gasteiger partial charge on any atom is -0.383 e. The molecule has 0 heterocycles. The maximum absolute atomic E-state index is 11.9.